The molecule has 0 aliphatic rings. The number of nitrogens with one attached hydrogen (secondary N) is 2. The van der Waals surface area contributed by atoms with Gasteiger partial charge in [-0.05, 0) is 44.9 Å². The van der Waals surface area contributed by atoms with Gasteiger partial charge in [0.2, 0.25) is 5.91 Å². The van der Waals surface area contributed by atoms with E-state index in [2.05, 4.69) is 32.7 Å². The van der Waals surface area contributed by atoms with E-state index < -0.39 is 0 Å². The quantitative estimate of drug-likeness (QED) is 0.256. The number of hydrogen-bond acceptors (Lipinski definition) is 5. The summed E-state index contributed by atoms with van der Waals surface area (Å²) in [6.07, 6.45) is 2.23. The average molecular weight is 542 g/mol. The van der Waals surface area contributed by atoms with Crippen LogP contribution >= 0.6 is 24.0 Å². The van der Waals surface area contributed by atoms with Gasteiger partial charge < -0.3 is 20.1 Å². The number of carbonyl (C=O) groups excluding carboxylic acids is 1. The lowest BCUT2D eigenvalue weighted by Crippen LogP contribution is -2.40. The molecule has 1 aromatic heterocycles. The number of halogens is 1. The minimum absolute atomic E-state index is 0. The number of benzene rings is 1. The molecule has 0 atom stereocenters. The highest BCUT2D eigenvalue weighted by Gasteiger charge is 2.10. The summed E-state index contributed by atoms with van der Waals surface area (Å²) in [6, 6.07) is 7.95. The van der Waals surface area contributed by atoms with E-state index in [-0.39, 0.29) is 29.9 Å². The summed E-state index contributed by atoms with van der Waals surface area (Å²) < 4.78 is 5.38. The molecule has 0 aliphatic carbocycles. The van der Waals surface area contributed by atoms with Crippen molar-refractivity contribution in [3.63, 3.8) is 0 Å². The van der Waals surface area contributed by atoms with Crippen molar-refractivity contribution in [1.29, 1.82) is 0 Å². The molecule has 1 amide bonds. The van der Waals surface area contributed by atoms with Gasteiger partial charge in [0, 0.05) is 44.6 Å². The van der Waals surface area contributed by atoms with E-state index in [9.17, 15) is 4.79 Å². The van der Waals surface area contributed by atoms with Crippen LogP contribution < -0.4 is 10.6 Å². The highest BCUT2D eigenvalue weighted by Crippen LogP contribution is 2.19. The van der Waals surface area contributed by atoms with Crippen molar-refractivity contribution < 1.29 is 9.32 Å². The third kappa shape index (κ3) is 8.84. The first-order chi connectivity index (χ1) is 14.6. The van der Waals surface area contributed by atoms with Crippen LogP contribution in [0.15, 0.2) is 33.8 Å². The first-order valence-corrected chi connectivity index (χ1v) is 10.8. The number of carbonyl (C=O) groups is 1. The number of aromatic nitrogens is 2. The van der Waals surface area contributed by atoms with Gasteiger partial charge in [-0.25, -0.2) is 4.99 Å². The van der Waals surface area contributed by atoms with E-state index in [4.69, 9.17) is 4.52 Å². The van der Waals surface area contributed by atoms with Gasteiger partial charge in [0.05, 0.1) is 6.54 Å². The van der Waals surface area contributed by atoms with Crippen LogP contribution in [0.4, 0.5) is 0 Å². The van der Waals surface area contributed by atoms with Crippen molar-refractivity contribution in [1.82, 2.24) is 25.7 Å². The maximum absolute atomic E-state index is 12.1. The second-order valence-electron chi connectivity index (χ2n) is 6.90. The minimum atomic E-state index is 0. The van der Waals surface area contributed by atoms with Gasteiger partial charge in [-0.1, -0.05) is 24.2 Å². The lowest BCUT2D eigenvalue weighted by Gasteiger charge is -2.19. The Morgan fingerprint density at radius 3 is 2.61 bits per heavy atom. The number of aliphatic imine (C=N–C) groups is 1. The lowest BCUT2D eigenvalue weighted by atomic mass is 10.1. The summed E-state index contributed by atoms with van der Waals surface area (Å²) in [6.45, 7) is 11.4. The van der Waals surface area contributed by atoms with Gasteiger partial charge in [0.15, 0.2) is 11.8 Å². The molecule has 2 aromatic rings. The Labute approximate surface area is 202 Å². The summed E-state index contributed by atoms with van der Waals surface area (Å²) in [5.41, 5.74) is 1.93. The van der Waals surface area contributed by atoms with Gasteiger partial charge in [0.1, 0.15) is 0 Å². The second-order valence-corrected chi connectivity index (χ2v) is 6.90. The molecule has 0 spiro atoms. The van der Waals surface area contributed by atoms with Crippen molar-refractivity contribution in [3.8, 4) is 11.5 Å². The third-order valence-corrected chi connectivity index (χ3v) is 4.63. The summed E-state index contributed by atoms with van der Waals surface area (Å²) in [7, 11) is 0. The Balaban J connectivity index is 0.00000480. The SMILES string of the molecule is CCCc1noc(-c2cccc(CN=C(NCC)NCCC(=O)N(CC)CC)c2)n1.I. The maximum atomic E-state index is 12.1. The summed E-state index contributed by atoms with van der Waals surface area (Å²) in [5, 5.41) is 10.5. The minimum Gasteiger partial charge on any atom is -0.357 e. The zero-order valence-electron chi connectivity index (χ0n) is 19.0. The number of guanidine groups is 1. The Morgan fingerprint density at radius 2 is 1.94 bits per heavy atom. The molecule has 172 valence electrons. The molecule has 8 nitrogen and oxygen atoms in total. The summed E-state index contributed by atoms with van der Waals surface area (Å²) in [5.74, 6) is 2.11. The summed E-state index contributed by atoms with van der Waals surface area (Å²) in [4.78, 5) is 23.1. The Morgan fingerprint density at radius 1 is 1.16 bits per heavy atom. The normalized spacial score (nSPS) is 11.0. The molecular weight excluding hydrogens is 507 g/mol. The van der Waals surface area contributed by atoms with Crippen LogP contribution in [0.3, 0.4) is 0 Å². The lowest BCUT2D eigenvalue weighted by molar-refractivity contribution is -0.130. The van der Waals surface area contributed by atoms with Gasteiger partial charge in [-0.3, -0.25) is 4.79 Å². The van der Waals surface area contributed by atoms with E-state index in [0.717, 1.165) is 49.4 Å². The predicted molar refractivity (Wildman–Crippen MR) is 135 cm³/mol. The fourth-order valence-electron chi connectivity index (χ4n) is 3.03. The molecule has 1 aromatic carbocycles. The number of rotatable bonds is 11. The maximum Gasteiger partial charge on any atom is 0.257 e. The molecule has 0 saturated heterocycles. The van der Waals surface area contributed by atoms with Gasteiger partial charge in [-0.2, -0.15) is 4.98 Å². The standard InChI is InChI=1S/C22H34N6O2.HI/c1-5-10-19-26-21(30-27-19)18-12-9-11-17(15-18)16-25-22(23-6-2)24-14-13-20(29)28(7-3)8-4;/h9,11-12,15H,5-8,10,13-14,16H2,1-4H3,(H2,23,24,25);1H. The molecule has 31 heavy (non-hydrogen) atoms. The predicted octanol–water partition coefficient (Wildman–Crippen LogP) is 3.62. The topological polar surface area (TPSA) is 95.7 Å². The van der Waals surface area contributed by atoms with Gasteiger partial charge in [-0.15, -0.1) is 24.0 Å². The summed E-state index contributed by atoms with van der Waals surface area (Å²) >= 11 is 0. The molecule has 9 heteroatoms. The highest BCUT2D eigenvalue weighted by molar-refractivity contribution is 14.0. The molecular formula is C22H35IN6O2. The van der Waals surface area contributed by atoms with E-state index in [1.165, 1.54) is 0 Å². The van der Waals surface area contributed by atoms with Crippen molar-refractivity contribution in [2.24, 2.45) is 4.99 Å². The first-order valence-electron chi connectivity index (χ1n) is 10.8. The molecule has 1 heterocycles. The van der Waals surface area contributed by atoms with E-state index in [0.29, 0.717) is 31.4 Å². The van der Waals surface area contributed by atoms with Crippen molar-refractivity contribution in [2.45, 2.75) is 53.5 Å². The molecule has 2 N–H and O–H groups in total. The average Bonchev–Trinajstić information content (AvgIpc) is 3.22. The molecule has 2 rings (SSSR count). The van der Waals surface area contributed by atoms with Crippen molar-refractivity contribution in [3.05, 3.63) is 35.7 Å². The monoisotopic (exact) mass is 542 g/mol. The Bertz CT molecular complexity index is 820. The zero-order valence-corrected chi connectivity index (χ0v) is 21.3. The number of nitrogens with zero attached hydrogens (tertiary/aromatic N) is 4. The van der Waals surface area contributed by atoms with Gasteiger partial charge >= 0.3 is 0 Å². The third-order valence-electron chi connectivity index (χ3n) is 4.63. The van der Waals surface area contributed by atoms with Crippen LogP contribution in [0.25, 0.3) is 11.5 Å². The highest BCUT2D eigenvalue weighted by atomic mass is 127. The van der Waals surface area contributed by atoms with Crippen LogP contribution in [0.5, 0.6) is 0 Å². The van der Waals surface area contributed by atoms with Crippen LogP contribution in [-0.4, -0.2) is 53.1 Å². The van der Waals surface area contributed by atoms with Crippen LogP contribution in [0.1, 0.15) is 51.9 Å². The Hall–Kier alpha value is -2.17. The molecule has 0 unspecified atom stereocenters. The second kappa shape index (κ2) is 14.8. The zero-order chi connectivity index (χ0) is 21.8. The fourth-order valence-corrected chi connectivity index (χ4v) is 3.03. The fraction of sp³-hybridized carbons (Fsp3) is 0.545. The van der Waals surface area contributed by atoms with E-state index in [1.54, 1.807) is 0 Å². The molecule has 0 bridgehead atoms. The van der Waals surface area contributed by atoms with Crippen LogP contribution in [0.2, 0.25) is 0 Å². The first kappa shape index (κ1) is 26.9. The molecule has 0 saturated carbocycles. The van der Waals surface area contributed by atoms with Crippen molar-refractivity contribution in [2.75, 3.05) is 26.2 Å². The molecule has 0 fully saturated rings. The largest absolute Gasteiger partial charge is 0.357 e. The number of aryl methyl sites for hydroxylation is 1. The molecule has 0 aliphatic heterocycles. The van der Waals surface area contributed by atoms with Crippen molar-refractivity contribution >= 4 is 35.8 Å². The number of amides is 1. The van der Waals surface area contributed by atoms with Crippen LogP contribution in [-0.2, 0) is 17.8 Å². The number of hydrogen-bond donors (Lipinski definition) is 2. The molecule has 0 radical (unpaired) electrons. The Kier molecular flexibility index (Phi) is 12.8. The van der Waals surface area contributed by atoms with E-state index in [1.807, 2.05) is 49.9 Å². The van der Waals surface area contributed by atoms with E-state index >= 15 is 0 Å². The van der Waals surface area contributed by atoms with Gasteiger partial charge in [0.25, 0.3) is 5.89 Å². The smallest absolute Gasteiger partial charge is 0.257 e. The van der Waals surface area contributed by atoms with Crippen LogP contribution in [0, 0.1) is 0 Å².